The summed E-state index contributed by atoms with van der Waals surface area (Å²) < 4.78 is 7.06. The van der Waals surface area contributed by atoms with E-state index in [9.17, 15) is 0 Å². The average molecular weight is 213 g/mol. The summed E-state index contributed by atoms with van der Waals surface area (Å²) in [6.45, 7) is 1.79. The molecule has 1 aromatic carbocycles. The molecule has 0 fully saturated rings. The predicted octanol–water partition coefficient (Wildman–Crippen LogP) is 2.54. The Kier molecular flexibility index (Phi) is 1.83. The van der Waals surface area contributed by atoms with Gasteiger partial charge in [-0.05, 0) is 12.1 Å². The summed E-state index contributed by atoms with van der Waals surface area (Å²) in [6, 6.07) is 10.3. The summed E-state index contributed by atoms with van der Waals surface area (Å²) in [7, 11) is 2.00. The fourth-order valence-electron chi connectivity index (χ4n) is 1.91. The topological polar surface area (TPSA) is 43.9 Å². The van der Waals surface area contributed by atoms with Gasteiger partial charge in [0, 0.05) is 24.9 Å². The van der Waals surface area contributed by atoms with Crippen molar-refractivity contribution in [2.75, 3.05) is 0 Å². The van der Waals surface area contributed by atoms with Crippen LogP contribution < -0.4 is 0 Å². The Morgan fingerprint density at radius 3 is 2.75 bits per heavy atom. The molecule has 0 spiro atoms. The third kappa shape index (κ3) is 1.23. The van der Waals surface area contributed by atoms with Crippen molar-refractivity contribution in [1.29, 1.82) is 0 Å². The van der Waals surface area contributed by atoms with Crippen LogP contribution in [0.5, 0.6) is 0 Å². The average Bonchev–Trinajstić information content (AvgIpc) is 2.84. The molecule has 80 valence electrons. The normalized spacial score (nSPS) is 11.1. The zero-order valence-corrected chi connectivity index (χ0v) is 9.14. The van der Waals surface area contributed by atoms with Crippen molar-refractivity contribution in [1.82, 2.24) is 14.7 Å². The number of rotatable bonds is 1. The van der Waals surface area contributed by atoms with Gasteiger partial charge in [-0.25, -0.2) is 0 Å². The molecule has 0 aliphatic carbocycles. The lowest BCUT2D eigenvalue weighted by atomic mass is 10.2. The van der Waals surface area contributed by atoms with Crippen molar-refractivity contribution < 1.29 is 4.52 Å². The van der Waals surface area contributed by atoms with E-state index >= 15 is 0 Å². The minimum atomic E-state index is 0.584. The molecule has 0 aliphatic heterocycles. The quantitative estimate of drug-likeness (QED) is 0.624. The van der Waals surface area contributed by atoms with E-state index in [0.717, 1.165) is 5.69 Å². The molecule has 2 aromatic heterocycles. The molecule has 0 atom stereocenters. The van der Waals surface area contributed by atoms with Gasteiger partial charge in [0.05, 0.1) is 5.69 Å². The highest BCUT2D eigenvalue weighted by atomic mass is 16.5. The molecule has 0 saturated carbocycles. The van der Waals surface area contributed by atoms with Gasteiger partial charge in [-0.1, -0.05) is 23.4 Å². The highest BCUT2D eigenvalue weighted by molar-refractivity contribution is 5.85. The van der Waals surface area contributed by atoms with Crippen LogP contribution in [0.25, 0.3) is 22.4 Å². The molecule has 2 heterocycles. The van der Waals surface area contributed by atoms with Gasteiger partial charge in [0.2, 0.25) is 11.7 Å². The van der Waals surface area contributed by atoms with Crippen LogP contribution >= 0.6 is 0 Å². The maximum absolute atomic E-state index is 5.00. The maximum atomic E-state index is 5.00. The lowest BCUT2D eigenvalue weighted by Crippen LogP contribution is -1.92. The highest BCUT2D eigenvalue weighted by Gasteiger charge is 2.11. The predicted molar refractivity (Wildman–Crippen MR) is 60.9 cm³/mol. The van der Waals surface area contributed by atoms with Crippen LogP contribution in [0.3, 0.4) is 0 Å². The van der Waals surface area contributed by atoms with Crippen molar-refractivity contribution >= 4 is 10.9 Å². The second-order valence-corrected chi connectivity index (χ2v) is 3.78. The van der Waals surface area contributed by atoms with Crippen molar-refractivity contribution in [2.45, 2.75) is 6.92 Å². The molecule has 3 rings (SSSR count). The molecule has 0 N–H and O–H groups in total. The van der Waals surface area contributed by atoms with E-state index in [1.165, 1.54) is 10.9 Å². The summed E-state index contributed by atoms with van der Waals surface area (Å²) in [4.78, 5) is 4.24. The second-order valence-electron chi connectivity index (χ2n) is 3.78. The first-order valence-corrected chi connectivity index (χ1v) is 5.11. The van der Waals surface area contributed by atoms with E-state index in [1.54, 1.807) is 6.92 Å². The van der Waals surface area contributed by atoms with Crippen LogP contribution in [0.15, 0.2) is 34.9 Å². The third-order valence-corrected chi connectivity index (χ3v) is 2.71. The number of aromatic nitrogens is 3. The monoisotopic (exact) mass is 213 g/mol. The van der Waals surface area contributed by atoms with Crippen LogP contribution in [-0.2, 0) is 7.05 Å². The molecule has 4 nitrogen and oxygen atoms in total. The van der Waals surface area contributed by atoms with Gasteiger partial charge >= 0.3 is 0 Å². The van der Waals surface area contributed by atoms with Gasteiger partial charge in [-0.3, -0.25) is 0 Å². The summed E-state index contributed by atoms with van der Waals surface area (Å²) in [5.74, 6) is 1.22. The Morgan fingerprint density at radius 2 is 2.06 bits per heavy atom. The minimum absolute atomic E-state index is 0.584. The summed E-state index contributed by atoms with van der Waals surface area (Å²) in [6.07, 6.45) is 0. The van der Waals surface area contributed by atoms with E-state index in [4.69, 9.17) is 4.52 Å². The second kappa shape index (κ2) is 3.20. The number of para-hydroxylation sites is 1. The van der Waals surface area contributed by atoms with E-state index in [1.807, 2.05) is 19.2 Å². The molecule has 0 saturated heterocycles. The van der Waals surface area contributed by atoms with Crippen LogP contribution in [0.2, 0.25) is 0 Å². The molecule has 0 radical (unpaired) electrons. The fraction of sp³-hybridized carbons (Fsp3) is 0.167. The number of aryl methyl sites for hydroxylation is 2. The first kappa shape index (κ1) is 9.15. The number of fused-ring (bicyclic) bond motifs is 1. The number of hydrogen-bond acceptors (Lipinski definition) is 3. The molecule has 3 aromatic rings. The first-order chi connectivity index (χ1) is 7.75. The SMILES string of the molecule is Cc1nc(-c2cc3ccccc3n2C)no1. The van der Waals surface area contributed by atoms with Gasteiger partial charge in [0.15, 0.2) is 0 Å². The molecule has 16 heavy (non-hydrogen) atoms. The summed E-state index contributed by atoms with van der Waals surface area (Å²) >= 11 is 0. The molecule has 4 heteroatoms. The van der Waals surface area contributed by atoms with Gasteiger partial charge in [-0.2, -0.15) is 4.98 Å². The van der Waals surface area contributed by atoms with Crippen molar-refractivity contribution in [3.05, 3.63) is 36.2 Å². The Bertz CT molecular complexity index is 651. The maximum Gasteiger partial charge on any atom is 0.223 e. The zero-order valence-electron chi connectivity index (χ0n) is 9.14. The number of nitrogens with zero attached hydrogens (tertiary/aromatic N) is 3. The van der Waals surface area contributed by atoms with Crippen LogP contribution in [0.1, 0.15) is 5.89 Å². The Balaban J connectivity index is 2.28. The fourth-order valence-corrected chi connectivity index (χ4v) is 1.91. The molecule has 0 aliphatic rings. The van der Waals surface area contributed by atoms with E-state index in [-0.39, 0.29) is 0 Å². The van der Waals surface area contributed by atoms with Gasteiger partial charge in [-0.15, -0.1) is 0 Å². The summed E-state index contributed by atoms with van der Waals surface area (Å²) in [5.41, 5.74) is 2.14. The van der Waals surface area contributed by atoms with Crippen LogP contribution in [0.4, 0.5) is 0 Å². The zero-order chi connectivity index (χ0) is 11.1. The van der Waals surface area contributed by atoms with E-state index in [2.05, 4.69) is 32.9 Å². The van der Waals surface area contributed by atoms with Crippen molar-refractivity contribution in [3.8, 4) is 11.5 Å². The lowest BCUT2D eigenvalue weighted by Gasteiger charge is -1.98. The first-order valence-electron chi connectivity index (χ1n) is 5.11. The van der Waals surface area contributed by atoms with Gasteiger partial charge < -0.3 is 9.09 Å². The van der Waals surface area contributed by atoms with Crippen LogP contribution in [-0.4, -0.2) is 14.7 Å². The molecule has 0 bridgehead atoms. The Hall–Kier alpha value is -2.10. The number of benzene rings is 1. The lowest BCUT2D eigenvalue weighted by molar-refractivity contribution is 0.394. The van der Waals surface area contributed by atoms with Gasteiger partial charge in [0.1, 0.15) is 0 Å². The van der Waals surface area contributed by atoms with Crippen molar-refractivity contribution in [3.63, 3.8) is 0 Å². The summed E-state index contributed by atoms with van der Waals surface area (Å²) in [5, 5.41) is 5.12. The van der Waals surface area contributed by atoms with Crippen LogP contribution in [0, 0.1) is 6.92 Å². The Labute approximate surface area is 92.5 Å². The standard InChI is InChI=1S/C12H11N3O/c1-8-13-12(14-16-8)11-7-9-5-3-4-6-10(9)15(11)2/h3-7H,1-2H3. The van der Waals surface area contributed by atoms with Gasteiger partial charge in [0.25, 0.3) is 0 Å². The molecular formula is C12H11N3O. The Morgan fingerprint density at radius 1 is 1.25 bits per heavy atom. The van der Waals surface area contributed by atoms with E-state index < -0.39 is 0 Å². The smallest absolute Gasteiger partial charge is 0.223 e. The van der Waals surface area contributed by atoms with E-state index in [0.29, 0.717) is 11.7 Å². The highest BCUT2D eigenvalue weighted by Crippen LogP contribution is 2.24. The largest absolute Gasteiger partial charge is 0.341 e. The van der Waals surface area contributed by atoms with Crippen molar-refractivity contribution in [2.24, 2.45) is 7.05 Å². The molecule has 0 amide bonds. The third-order valence-electron chi connectivity index (χ3n) is 2.71. The number of hydrogen-bond donors (Lipinski definition) is 0. The molecular weight excluding hydrogens is 202 g/mol. The molecule has 0 unspecified atom stereocenters. The minimum Gasteiger partial charge on any atom is -0.341 e.